The van der Waals surface area contributed by atoms with Crippen LogP contribution >= 0.6 is 23.2 Å². The van der Waals surface area contributed by atoms with E-state index in [9.17, 15) is 9.59 Å². The third-order valence-electron chi connectivity index (χ3n) is 2.95. The van der Waals surface area contributed by atoms with Gasteiger partial charge in [0.05, 0.1) is 22.5 Å². The number of halogens is 2. The molecule has 2 atom stereocenters. The van der Waals surface area contributed by atoms with E-state index < -0.39 is 17.8 Å². The molecule has 4 nitrogen and oxygen atoms in total. The zero-order valence-electron chi connectivity index (χ0n) is 9.54. The maximum Gasteiger partial charge on any atom is 0.307 e. The molecule has 1 fully saturated rings. The Morgan fingerprint density at radius 2 is 1.94 bits per heavy atom. The number of carbonyl (C=O) groups excluding carboxylic acids is 1. The van der Waals surface area contributed by atoms with E-state index in [4.69, 9.17) is 28.3 Å². The van der Waals surface area contributed by atoms with Gasteiger partial charge in [0.2, 0.25) is 5.91 Å². The van der Waals surface area contributed by atoms with Crippen molar-refractivity contribution in [2.24, 2.45) is 11.8 Å². The van der Waals surface area contributed by atoms with Crippen LogP contribution in [-0.2, 0) is 9.59 Å². The van der Waals surface area contributed by atoms with E-state index in [2.05, 4.69) is 5.32 Å². The average molecular weight is 288 g/mol. The van der Waals surface area contributed by atoms with Gasteiger partial charge < -0.3 is 10.4 Å². The van der Waals surface area contributed by atoms with Gasteiger partial charge in [0.25, 0.3) is 0 Å². The van der Waals surface area contributed by atoms with E-state index in [1.807, 2.05) is 0 Å². The second-order valence-electron chi connectivity index (χ2n) is 4.36. The molecule has 2 N–H and O–H groups in total. The van der Waals surface area contributed by atoms with Gasteiger partial charge in [0, 0.05) is 5.02 Å². The van der Waals surface area contributed by atoms with Crippen LogP contribution in [0.4, 0.5) is 5.69 Å². The molecule has 2 unspecified atom stereocenters. The smallest absolute Gasteiger partial charge is 0.307 e. The molecule has 18 heavy (non-hydrogen) atoms. The fourth-order valence-corrected chi connectivity index (χ4v) is 2.15. The van der Waals surface area contributed by atoms with E-state index in [-0.39, 0.29) is 5.91 Å². The van der Waals surface area contributed by atoms with Crippen LogP contribution in [0.25, 0.3) is 0 Å². The Morgan fingerprint density at radius 1 is 1.28 bits per heavy atom. The third kappa shape index (κ3) is 2.60. The van der Waals surface area contributed by atoms with Crippen LogP contribution in [0.1, 0.15) is 12.0 Å². The molecule has 0 heterocycles. The molecule has 1 aromatic carbocycles. The Kier molecular flexibility index (Phi) is 3.50. The first-order chi connectivity index (χ1) is 8.40. The quantitative estimate of drug-likeness (QED) is 0.898. The van der Waals surface area contributed by atoms with Gasteiger partial charge in [0.1, 0.15) is 0 Å². The zero-order chi connectivity index (χ0) is 13.4. The second kappa shape index (κ2) is 4.78. The summed E-state index contributed by atoms with van der Waals surface area (Å²) in [6.07, 6.45) is 0.373. The summed E-state index contributed by atoms with van der Waals surface area (Å²) in [5, 5.41) is 12.2. The summed E-state index contributed by atoms with van der Waals surface area (Å²) in [6, 6.07) is 3.22. The van der Waals surface area contributed by atoms with E-state index in [1.54, 1.807) is 19.1 Å². The highest BCUT2D eigenvalue weighted by Gasteiger charge is 2.48. The summed E-state index contributed by atoms with van der Waals surface area (Å²) < 4.78 is 0. The number of hydrogen-bond acceptors (Lipinski definition) is 2. The SMILES string of the molecule is Cc1cc(Cl)c(NC(=O)C2CC2C(=O)O)cc1Cl. The fraction of sp³-hybridized carbons (Fsp3) is 0.333. The van der Waals surface area contributed by atoms with Crippen LogP contribution in [0.3, 0.4) is 0 Å². The largest absolute Gasteiger partial charge is 0.481 e. The normalized spacial score (nSPS) is 21.5. The van der Waals surface area contributed by atoms with E-state index >= 15 is 0 Å². The number of amides is 1. The molecule has 0 aliphatic heterocycles. The van der Waals surface area contributed by atoms with Crippen molar-refractivity contribution in [3.63, 3.8) is 0 Å². The van der Waals surface area contributed by atoms with Gasteiger partial charge in [0.15, 0.2) is 0 Å². The molecule has 1 aromatic rings. The molecule has 1 saturated carbocycles. The first-order valence-electron chi connectivity index (χ1n) is 5.39. The van der Waals surface area contributed by atoms with Gasteiger partial charge in [-0.2, -0.15) is 0 Å². The Balaban J connectivity index is 2.09. The van der Waals surface area contributed by atoms with E-state index in [0.29, 0.717) is 22.2 Å². The molecular weight excluding hydrogens is 277 g/mol. The van der Waals surface area contributed by atoms with Crippen LogP contribution in [-0.4, -0.2) is 17.0 Å². The molecule has 6 heteroatoms. The number of carboxylic acid groups (broad SMARTS) is 1. The Labute approximate surface area is 114 Å². The van der Waals surface area contributed by atoms with Crippen molar-refractivity contribution in [1.29, 1.82) is 0 Å². The van der Waals surface area contributed by atoms with E-state index in [0.717, 1.165) is 5.56 Å². The average Bonchev–Trinajstić information content (AvgIpc) is 3.05. The lowest BCUT2D eigenvalue weighted by Crippen LogP contribution is -2.17. The van der Waals surface area contributed by atoms with Crippen LogP contribution in [0.2, 0.25) is 10.0 Å². The van der Waals surface area contributed by atoms with Crippen molar-refractivity contribution in [2.45, 2.75) is 13.3 Å². The van der Waals surface area contributed by atoms with Crippen molar-refractivity contribution in [1.82, 2.24) is 0 Å². The van der Waals surface area contributed by atoms with Crippen molar-refractivity contribution < 1.29 is 14.7 Å². The lowest BCUT2D eigenvalue weighted by atomic mass is 10.2. The van der Waals surface area contributed by atoms with Crippen molar-refractivity contribution in [3.05, 3.63) is 27.7 Å². The number of aryl methyl sites for hydroxylation is 1. The molecule has 1 amide bonds. The zero-order valence-corrected chi connectivity index (χ0v) is 11.0. The number of carbonyl (C=O) groups is 2. The van der Waals surface area contributed by atoms with Crippen LogP contribution < -0.4 is 5.32 Å². The molecule has 0 spiro atoms. The molecule has 0 aromatic heterocycles. The maximum atomic E-state index is 11.8. The number of rotatable bonds is 3. The van der Waals surface area contributed by atoms with Crippen LogP contribution in [0.15, 0.2) is 12.1 Å². The number of nitrogens with one attached hydrogen (secondary N) is 1. The Bertz CT molecular complexity index is 530. The predicted octanol–water partition coefficient (Wildman–Crippen LogP) is 2.96. The first-order valence-corrected chi connectivity index (χ1v) is 6.15. The van der Waals surface area contributed by atoms with Crippen molar-refractivity contribution in [3.8, 4) is 0 Å². The van der Waals surface area contributed by atoms with Gasteiger partial charge in [-0.25, -0.2) is 0 Å². The highest BCUT2D eigenvalue weighted by molar-refractivity contribution is 6.36. The molecule has 2 rings (SSSR count). The van der Waals surface area contributed by atoms with Crippen LogP contribution in [0.5, 0.6) is 0 Å². The summed E-state index contributed by atoms with van der Waals surface area (Å²) in [4.78, 5) is 22.4. The Hall–Kier alpha value is -1.26. The van der Waals surface area contributed by atoms with Gasteiger partial charge >= 0.3 is 5.97 Å². The number of anilines is 1. The van der Waals surface area contributed by atoms with Gasteiger partial charge in [-0.3, -0.25) is 9.59 Å². The number of carboxylic acids is 1. The number of benzene rings is 1. The molecule has 96 valence electrons. The standard InChI is InChI=1S/C12H11Cl2NO3/c1-5-2-9(14)10(4-8(5)13)15-11(16)6-3-7(6)12(17)18/h2,4,6-7H,3H2,1H3,(H,15,16)(H,17,18). The van der Waals surface area contributed by atoms with E-state index in [1.165, 1.54) is 0 Å². The van der Waals surface area contributed by atoms with Crippen molar-refractivity contribution in [2.75, 3.05) is 5.32 Å². The second-order valence-corrected chi connectivity index (χ2v) is 5.17. The molecule has 1 aliphatic carbocycles. The molecule has 0 radical (unpaired) electrons. The molecule has 1 aliphatic rings. The van der Waals surface area contributed by atoms with Crippen molar-refractivity contribution >= 4 is 40.8 Å². The Morgan fingerprint density at radius 3 is 2.50 bits per heavy atom. The third-order valence-corrected chi connectivity index (χ3v) is 3.67. The summed E-state index contributed by atoms with van der Waals surface area (Å²) in [7, 11) is 0. The summed E-state index contributed by atoms with van der Waals surface area (Å²) in [6.45, 7) is 1.81. The molecule has 0 bridgehead atoms. The monoisotopic (exact) mass is 287 g/mol. The lowest BCUT2D eigenvalue weighted by molar-refractivity contribution is -0.139. The molecular formula is C12H11Cl2NO3. The minimum absolute atomic E-state index is 0.329. The summed E-state index contributed by atoms with van der Waals surface area (Å²) in [5.74, 6) is -2.32. The highest BCUT2D eigenvalue weighted by Crippen LogP contribution is 2.40. The fourth-order valence-electron chi connectivity index (χ4n) is 1.73. The minimum atomic E-state index is -0.941. The predicted molar refractivity (Wildman–Crippen MR) is 69.1 cm³/mol. The first kappa shape index (κ1) is 13.2. The van der Waals surface area contributed by atoms with Gasteiger partial charge in [-0.05, 0) is 31.0 Å². The summed E-state index contributed by atoms with van der Waals surface area (Å²) >= 11 is 11.9. The minimum Gasteiger partial charge on any atom is -0.481 e. The number of aliphatic carboxylic acids is 1. The summed E-state index contributed by atoms with van der Waals surface area (Å²) in [5.41, 5.74) is 1.22. The molecule has 0 saturated heterocycles. The highest BCUT2D eigenvalue weighted by atomic mass is 35.5. The topological polar surface area (TPSA) is 66.4 Å². The van der Waals surface area contributed by atoms with Crippen LogP contribution in [0, 0.1) is 18.8 Å². The maximum absolute atomic E-state index is 11.8. The lowest BCUT2D eigenvalue weighted by Gasteiger charge is -2.08. The van der Waals surface area contributed by atoms with Gasteiger partial charge in [-0.1, -0.05) is 23.2 Å². The van der Waals surface area contributed by atoms with Gasteiger partial charge in [-0.15, -0.1) is 0 Å². The number of hydrogen-bond donors (Lipinski definition) is 2.